The number of amides is 1. The van der Waals surface area contributed by atoms with E-state index in [4.69, 9.17) is 0 Å². The van der Waals surface area contributed by atoms with Gasteiger partial charge < -0.3 is 15.5 Å². The van der Waals surface area contributed by atoms with E-state index < -0.39 is 0 Å². The highest BCUT2D eigenvalue weighted by molar-refractivity contribution is 14.0. The van der Waals surface area contributed by atoms with E-state index in [-0.39, 0.29) is 35.3 Å². The molecule has 6 heteroatoms. The Kier molecular flexibility index (Phi) is 10.3. The minimum atomic E-state index is 0. The number of hydrogen-bond donors (Lipinski definition) is 2. The maximum Gasteiger partial charge on any atom is 0.253 e. The maximum absolute atomic E-state index is 12.0. The number of carbonyl (C=O) groups is 1. The molecular formula is C24H35IN4O. The number of nitrogens with one attached hydrogen (secondary N) is 2. The lowest BCUT2D eigenvalue weighted by molar-refractivity contribution is 0.0827. The SMILES string of the molecule is CN=C(NCCc1ccc(C(C)(C)C)cc1)NCc1ccc(C(=O)N(C)C)cc1.I. The molecular weight excluding hydrogens is 487 g/mol. The highest BCUT2D eigenvalue weighted by Gasteiger charge is 2.12. The van der Waals surface area contributed by atoms with Crippen LogP contribution >= 0.6 is 24.0 Å². The third kappa shape index (κ3) is 7.97. The summed E-state index contributed by atoms with van der Waals surface area (Å²) in [6, 6.07) is 16.5. The number of guanidine groups is 1. The molecule has 164 valence electrons. The quantitative estimate of drug-likeness (QED) is 0.340. The molecule has 2 rings (SSSR count). The van der Waals surface area contributed by atoms with Crippen LogP contribution in [0.2, 0.25) is 0 Å². The first-order chi connectivity index (χ1) is 13.7. The second kappa shape index (κ2) is 11.9. The van der Waals surface area contributed by atoms with Crippen molar-refractivity contribution in [2.24, 2.45) is 4.99 Å². The summed E-state index contributed by atoms with van der Waals surface area (Å²) in [5.41, 5.74) is 4.63. The summed E-state index contributed by atoms with van der Waals surface area (Å²) in [4.78, 5) is 17.8. The van der Waals surface area contributed by atoms with Gasteiger partial charge in [0.15, 0.2) is 5.96 Å². The Hall–Kier alpha value is -2.09. The van der Waals surface area contributed by atoms with E-state index in [9.17, 15) is 4.79 Å². The van der Waals surface area contributed by atoms with E-state index in [0.29, 0.717) is 12.1 Å². The molecule has 5 nitrogen and oxygen atoms in total. The third-order valence-corrected chi connectivity index (χ3v) is 4.82. The minimum Gasteiger partial charge on any atom is -0.356 e. The number of carbonyl (C=O) groups excluding carboxylic acids is 1. The lowest BCUT2D eigenvalue weighted by Crippen LogP contribution is -2.37. The molecule has 0 spiro atoms. The van der Waals surface area contributed by atoms with E-state index in [1.54, 1.807) is 26.0 Å². The molecule has 0 radical (unpaired) electrons. The summed E-state index contributed by atoms with van der Waals surface area (Å²) >= 11 is 0. The molecule has 2 aromatic rings. The summed E-state index contributed by atoms with van der Waals surface area (Å²) in [5, 5.41) is 6.67. The molecule has 0 fully saturated rings. The Morgan fingerprint density at radius 2 is 1.50 bits per heavy atom. The summed E-state index contributed by atoms with van der Waals surface area (Å²) in [6.07, 6.45) is 0.937. The first-order valence-corrected chi connectivity index (χ1v) is 10.0. The van der Waals surface area contributed by atoms with Crippen molar-refractivity contribution in [1.29, 1.82) is 0 Å². The molecule has 0 unspecified atom stereocenters. The highest BCUT2D eigenvalue weighted by atomic mass is 127. The van der Waals surface area contributed by atoms with Crippen LogP contribution in [0.3, 0.4) is 0 Å². The van der Waals surface area contributed by atoms with Gasteiger partial charge >= 0.3 is 0 Å². The first-order valence-electron chi connectivity index (χ1n) is 10.0. The van der Waals surface area contributed by atoms with Gasteiger partial charge in [-0.2, -0.15) is 0 Å². The molecule has 0 heterocycles. The fraction of sp³-hybridized carbons (Fsp3) is 0.417. The molecule has 30 heavy (non-hydrogen) atoms. The van der Waals surface area contributed by atoms with Crippen molar-refractivity contribution in [1.82, 2.24) is 15.5 Å². The number of rotatable bonds is 6. The summed E-state index contributed by atoms with van der Waals surface area (Å²) in [7, 11) is 5.28. The van der Waals surface area contributed by atoms with Crippen LogP contribution in [0, 0.1) is 0 Å². The van der Waals surface area contributed by atoms with Gasteiger partial charge in [-0.1, -0.05) is 57.2 Å². The number of benzene rings is 2. The third-order valence-electron chi connectivity index (χ3n) is 4.82. The lowest BCUT2D eigenvalue weighted by atomic mass is 9.86. The van der Waals surface area contributed by atoms with Crippen LogP contribution in [0.5, 0.6) is 0 Å². The average Bonchev–Trinajstić information content (AvgIpc) is 2.70. The van der Waals surface area contributed by atoms with E-state index in [1.165, 1.54) is 11.1 Å². The van der Waals surface area contributed by atoms with E-state index in [0.717, 1.165) is 24.5 Å². The Morgan fingerprint density at radius 3 is 2.00 bits per heavy atom. The Bertz CT molecular complexity index is 822. The summed E-state index contributed by atoms with van der Waals surface area (Å²) < 4.78 is 0. The molecule has 0 aliphatic heterocycles. The average molecular weight is 522 g/mol. The van der Waals surface area contributed by atoms with Gasteiger partial charge in [-0.25, -0.2) is 0 Å². The standard InChI is InChI=1S/C24H34N4O.HI/c1-24(2,3)21-13-9-18(10-14-21)15-16-26-23(25-4)27-17-19-7-11-20(12-8-19)22(29)28(5)6;/h7-14H,15-17H2,1-6H3,(H2,25,26,27);1H. The van der Waals surface area contributed by atoms with E-state index >= 15 is 0 Å². The fourth-order valence-electron chi connectivity index (χ4n) is 2.93. The molecule has 0 aliphatic carbocycles. The first kappa shape index (κ1) is 25.9. The zero-order valence-corrected chi connectivity index (χ0v) is 21.3. The van der Waals surface area contributed by atoms with Crippen molar-refractivity contribution in [3.63, 3.8) is 0 Å². The smallest absolute Gasteiger partial charge is 0.253 e. The van der Waals surface area contributed by atoms with Gasteiger partial charge in [0.2, 0.25) is 0 Å². The summed E-state index contributed by atoms with van der Waals surface area (Å²) in [6.45, 7) is 8.15. The van der Waals surface area contributed by atoms with Crippen molar-refractivity contribution in [3.8, 4) is 0 Å². The van der Waals surface area contributed by atoms with Crippen LogP contribution in [0.1, 0.15) is 47.8 Å². The Labute approximate surface area is 198 Å². The van der Waals surface area contributed by atoms with Crippen molar-refractivity contribution < 1.29 is 4.79 Å². The molecule has 2 aromatic carbocycles. The Morgan fingerprint density at radius 1 is 0.933 bits per heavy atom. The molecule has 1 amide bonds. The van der Waals surface area contributed by atoms with Crippen LogP contribution in [0.4, 0.5) is 0 Å². The van der Waals surface area contributed by atoms with Gasteiger partial charge in [0.05, 0.1) is 0 Å². The maximum atomic E-state index is 12.0. The topological polar surface area (TPSA) is 56.7 Å². The Balaban J connectivity index is 0.00000450. The highest BCUT2D eigenvalue weighted by Crippen LogP contribution is 2.22. The van der Waals surface area contributed by atoms with Crippen LogP contribution in [0.25, 0.3) is 0 Å². The molecule has 0 saturated heterocycles. The normalized spacial score (nSPS) is 11.5. The van der Waals surface area contributed by atoms with Gasteiger partial charge in [0.1, 0.15) is 0 Å². The zero-order valence-electron chi connectivity index (χ0n) is 19.0. The van der Waals surface area contributed by atoms with Crippen LogP contribution < -0.4 is 10.6 Å². The van der Waals surface area contributed by atoms with Gasteiger partial charge in [0.25, 0.3) is 5.91 Å². The summed E-state index contributed by atoms with van der Waals surface area (Å²) in [5.74, 6) is 0.780. The molecule has 0 saturated carbocycles. The second-order valence-corrected chi connectivity index (χ2v) is 8.45. The van der Waals surface area contributed by atoms with Crippen LogP contribution in [-0.4, -0.2) is 44.5 Å². The van der Waals surface area contributed by atoms with Crippen molar-refractivity contribution >= 4 is 35.8 Å². The van der Waals surface area contributed by atoms with Crippen molar-refractivity contribution in [2.45, 2.75) is 39.2 Å². The number of aliphatic imine (C=N–C) groups is 1. The minimum absolute atomic E-state index is 0. The molecule has 0 bridgehead atoms. The number of nitrogens with zero attached hydrogens (tertiary/aromatic N) is 2. The predicted octanol–water partition coefficient (Wildman–Crippen LogP) is 4.21. The lowest BCUT2D eigenvalue weighted by Gasteiger charge is -2.19. The predicted molar refractivity (Wildman–Crippen MR) is 137 cm³/mol. The van der Waals surface area contributed by atoms with Crippen LogP contribution in [0.15, 0.2) is 53.5 Å². The second-order valence-electron chi connectivity index (χ2n) is 8.45. The number of hydrogen-bond acceptors (Lipinski definition) is 2. The molecule has 2 N–H and O–H groups in total. The van der Waals surface area contributed by atoms with Crippen molar-refractivity contribution in [2.75, 3.05) is 27.7 Å². The van der Waals surface area contributed by atoms with Gasteiger partial charge in [0, 0.05) is 39.8 Å². The van der Waals surface area contributed by atoms with Gasteiger partial charge in [-0.3, -0.25) is 9.79 Å². The van der Waals surface area contributed by atoms with Crippen molar-refractivity contribution in [3.05, 3.63) is 70.8 Å². The fourth-order valence-corrected chi connectivity index (χ4v) is 2.93. The largest absolute Gasteiger partial charge is 0.356 e. The molecule has 0 aliphatic rings. The number of halogens is 1. The van der Waals surface area contributed by atoms with E-state index in [2.05, 4.69) is 60.7 Å². The molecule has 0 aromatic heterocycles. The molecule has 0 atom stereocenters. The van der Waals surface area contributed by atoms with E-state index in [1.807, 2.05) is 24.3 Å². The van der Waals surface area contributed by atoms with Gasteiger partial charge in [-0.05, 0) is 40.7 Å². The monoisotopic (exact) mass is 522 g/mol. The van der Waals surface area contributed by atoms with Gasteiger partial charge in [-0.15, -0.1) is 24.0 Å². The zero-order chi connectivity index (χ0) is 21.4. The van der Waals surface area contributed by atoms with Crippen LogP contribution in [-0.2, 0) is 18.4 Å².